The van der Waals surface area contributed by atoms with E-state index in [-0.39, 0.29) is 13.2 Å². The molecule has 0 aliphatic heterocycles. The average molecular weight is 289 g/mol. The van der Waals surface area contributed by atoms with Gasteiger partial charge in [0, 0.05) is 6.20 Å². The van der Waals surface area contributed by atoms with E-state index in [4.69, 9.17) is 10.2 Å². The Morgan fingerprint density at radius 2 is 2.19 bits per heavy atom. The summed E-state index contributed by atoms with van der Waals surface area (Å²) in [5.41, 5.74) is -0.678. The molecule has 0 bridgehead atoms. The van der Waals surface area contributed by atoms with E-state index < -0.39 is 11.4 Å². The van der Waals surface area contributed by atoms with E-state index in [1.807, 2.05) is 0 Å². The van der Waals surface area contributed by atoms with Gasteiger partial charge in [0.2, 0.25) is 0 Å². The highest BCUT2D eigenvalue weighted by Crippen LogP contribution is 2.13. The first kappa shape index (κ1) is 13.1. The molecule has 0 unspecified atom stereocenters. The topological polar surface area (TPSA) is 82.5 Å². The Balaban J connectivity index is 2.84. The molecular weight excluding hydrogens is 276 g/mol. The minimum Gasteiger partial charge on any atom is -0.394 e. The number of aliphatic hydroxyl groups excluding tert-OH is 2. The van der Waals surface area contributed by atoms with Crippen molar-refractivity contribution in [1.82, 2.24) is 10.3 Å². The zero-order valence-corrected chi connectivity index (χ0v) is 10.4. The molecule has 88 valence electrons. The first-order valence-corrected chi connectivity index (χ1v) is 5.46. The Kier molecular flexibility index (Phi) is 4.40. The fraction of sp³-hybridized carbons (Fsp3) is 0.400. The number of halogens is 1. The summed E-state index contributed by atoms with van der Waals surface area (Å²) in [5, 5.41) is 20.6. The molecule has 0 fully saturated rings. The molecule has 6 heteroatoms. The molecule has 0 saturated carbocycles. The molecule has 0 aromatic carbocycles. The second-order valence-corrected chi connectivity index (χ2v) is 4.42. The van der Waals surface area contributed by atoms with Gasteiger partial charge in [-0.25, -0.2) is 4.98 Å². The molecule has 3 N–H and O–H groups in total. The van der Waals surface area contributed by atoms with Crippen molar-refractivity contribution < 1.29 is 15.0 Å². The van der Waals surface area contributed by atoms with Crippen molar-refractivity contribution in [3.8, 4) is 0 Å². The van der Waals surface area contributed by atoms with Crippen LogP contribution in [0.3, 0.4) is 0 Å². The molecule has 0 saturated heterocycles. The average Bonchev–Trinajstić information content (AvgIpc) is 2.29. The third-order valence-electron chi connectivity index (χ3n) is 2.12. The summed E-state index contributed by atoms with van der Waals surface area (Å²) in [7, 11) is 0. The molecule has 1 aromatic heterocycles. The lowest BCUT2D eigenvalue weighted by molar-refractivity contribution is 0.0723. The van der Waals surface area contributed by atoms with Gasteiger partial charge in [-0.05, 0) is 35.0 Å². The van der Waals surface area contributed by atoms with E-state index in [1.165, 1.54) is 0 Å². The third kappa shape index (κ3) is 3.01. The van der Waals surface area contributed by atoms with Crippen molar-refractivity contribution in [2.45, 2.75) is 12.5 Å². The van der Waals surface area contributed by atoms with Crippen molar-refractivity contribution in [3.63, 3.8) is 0 Å². The summed E-state index contributed by atoms with van der Waals surface area (Å²) in [6.07, 6.45) is 1.55. The zero-order valence-electron chi connectivity index (χ0n) is 8.77. The van der Waals surface area contributed by atoms with Crippen LogP contribution in [-0.4, -0.2) is 39.9 Å². The molecule has 1 amide bonds. The van der Waals surface area contributed by atoms with Crippen molar-refractivity contribution in [1.29, 1.82) is 0 Å². The Morgan fingerprint density at radius 1 is 1.56 bits per heavy atom. The van der Waals surface area contributed by atoms with Gasteiger partial charge >= 0.3 is 0 Å². The maximum absolute atomic E-state index is 11.8. The van der Waals surface area contributed by atoms with Crippen molar-refractivity contribution in [3.05, 3.63) is 28.5 Å². The number of hydrogen-bond acceptors (Lipinski definition) is 4. The summed E-state index contributed by atoms with van der Waals surface area (Å²) in [5.74, 6) is -0.398. The number of rotatable bonds is 4. The summed E-state index contributed by atoms with van der Waals surface area (Å²) >= 11 is 3.15. The van der Waals surface area contributed by atoms with E-state index in [9.17, 15) is 4.79 Å². The monoisotopic (exact) mass is 288 g/mol. The number of nitrogens with one attached hydrogen (secondary N) is 1. The molecule has 1 heterocycles. The number of aromatic nitrogens is 1. The molecule has 0 radical (unpaired) electrons. The number of pyridine rings is 1. The van der Waals surface area contributed by atoms with Crippen LogP contribution in [0.15, 0.2) is 22.9 Å². The number of carbonyl (C=O) groups excluding carboxylic acids is 1. The fourth-order valence-electron chi connectivity index (χ4n) is 1.03. The van der Waals surface area contributed by atoms with E-state index >= 15 is 0 Å². The molecule has 0 atom stereocenters. The highest BCUT2D eigenvalue weighted by atomic mass is 79.9. The highest BCUT2D eigenvalue weighted by Gasteiger charge is 2.25. The number of nitrogens with zero attached hydrogens (tertiary/aromatic N) is 1. The lowest BCUT2D eigenvalue weighted by Gasteiger charge is -2.26. The smallest absolute Gasteiger partial charge is 0.254 e. The van der Waals surface area contributed by atoms with Gasteiger partial charge < -0.3 is 15.5 Å². The predicted octanol–water partition coefficient (Wildman–Crippen LogP) is 0.317. The van der Waals surface area contributed by atoms with Crippen LogP contribution in [0.2, 0.25) is 0 Å². The lowest BCUT2D eigenvalue weighted by Crippen LogP contribution is -2.51. The van der Waals surface area contributed by atoms with Gasteiger partial charge in [0.25, 0.3) is 5.91 Å². The Bertz CT molecular complexity index is 380. The molecule has 0 spiro atoms. The normalized spacial score (nSPS) is 11.2. The van der Waals surface area contributed by atoms with Gasteiger partial charge in [-0.3, -0.25) is 4.79 Å². The number of carbonyl (C=O) groups is 1. The minimum absolute atomic E-state index is 0.340. The molecule has 0 aliphatic carbocycles. The predicted molar refractivity (Wildman–Crippen MR) is 62.0 cm³/mol. The SMILES string of the molecule is CC(CO)(CO)NC(=O)c1cccnc1Br. The maximum Gasteiger partial charge on any atom is 0.254 e. The Morgan fingerprint density at radius 3 is 2.69 bits per heavy atom. The largest absolute Gasteiger partial charge is 0.394 e. The summed E-state index contributed by atoms with van der Waals surface area (Å²) in [6, 6.07) is 3.23. The summed E-state index contributed by atoms with van der Waals surface area (Å²) < 4.78 is 0.422. The second kappa shape index (κ2) is 5.38. The van der Waals surface area contributed by atoms with Crippen LogP contribution >= 0.6 is 15.9 Å². The van der Waals surface area contributed by atoms with E-state index in [0.29, 0.717) is 10.2 Å². The van der Waals surface area contributed by atoms with E-state index in [1.54, 1.807) is 25.3 Å². The quantitative estimate of drug-likeness (QED) is 0.697. The van der Waals surface area contributed by atoms with Crippen LogP contribution in [-0.2, 0) is 0 Å². The summed E-state index contributed by atoms with van der Waals surface area (Å²) in [6.45, 7) is 0.870. The van der Waals surface area contributed by atoms with Crippen molar-refractivity contribution in [2.24, 2.45) is 0 Å². The van der Waals surface area contributed by atoms with Crippen LogP contribution < -0.4 is 5.32 Å². The van der Waals surface area contributed by atoms with Gasteiger partial charge in [0.05, 0.1) is 24.3 Å². The van der Waals surface area contributed by atoms with E-state index in [2.05, 4.69) is 26.2 Å². The van der Waals surface area contributed by atoms with Crippen molar-refractivity contribution in [2.75, 3.05) is 13.2 Å². The van der Waals surface area contributed by atoms with Crippen molar-refractivity contribution >= 4 is 21.8 Å². The molecule has 0 aliphatic rings. The summed E-state index contributed by atoms with van der Waals surface area (Å²) in [4.78, 5) is 15.7. The fourth-order valence-corrected chi connectivity index (χ4v) is 1.46. The van der Waals surface area contributed by atoms with Crippen LogP contribution in [0.4, 0.5) is 0 Å². The van der Waals surface area contributed by atoms with Crippen LogP contribution in [0.25, 0.3) is 0 Å². The number of amides is 1. The van der Waals surface area contributed by atoms with Gasteiger partial charge in [-0.2, -0.15) is 0 Å². The number of aliphatic hydroxyl groups is 2. The minimum atomic E-state index is -1.04. The molecule has 1 rings (SSSR count). The molecule has 1 aromatic rings. The zero-order chi connectivity index (χ0) is 12.2. The molecule has 5 nitrogen and oxygen atoms in total. The molecule has 16 heavy (non-hydrogen) atoms. The third-order valence-corrected chi connectivity index (χ3v) is 2.75. The molecular formula is C10H13BrN2O3. The first-order valence-electron chi connectivity index (χ1n) is 4.67. The lowest BCUT2D eigenvalue weighted by atomic mass is 10.0. The first-order chi connectivity index (χ1) is 7.52. The van der Waals surface area contributed by atoms with Crippen LogP contribution in [0.1, 0.15) is 17.3 Å². The maximum atomic E-state index is 11.8. The van der Waals surface area contributed by atoms with Crippen LogP contribution in [0.5, 0.6) is 0 Å². The van der Waals surface area contributed by atoms with E-state index in [0.717, 1.165) is 0 Å². The standard InChI is InChI=1S/C10H13BrN2O3/c1-10(5-14,6-15)13-9(16)7-3-2-4-12-8(7)11/h2-4,14-15H,5-6H2,1H3,(H,13,16). The second-order valence-electron chi connectivity index (χ2n) is 3.67. The number of hydrogen-bond donors (Lipinski definition) is 3. The van der Waals surface area contributed by atoms with Gasteiger partial charge in [0.1, 0.15) is 4.60 Å². The van der Waals surface area contributed by atoms with Gasteiger partial charge in [-0.15, -0.1) is 0 Å². The highest BCUT2D eigenvalue weighted by molar-refractivity contribution is 9.10. The van der Waals surface area contributed by atoms with Gasteiger partial charge in [-0.1, -0.05) is 0 Å². The van der Waals surface area contributed by atoms with Gasteiger partial charge in [0.15, 0.2) is 0 Å². The van der Waals surface area contributed by atoms with Crippen LogP contribution in [0, 0.1) is 0 Å². The Labute approximate surface area is 102 Å². The Hall–Kier alpha value is -0.980.